The van der Waals surface area contributed by atoms with E-state index in [1.165, 1.54) is 12.1 Å². The lowest BCUT2D eigenvalue weighted by Gasteiger charge is -2.11. The van der Waals surface area contributed by atoms with Crippen LogP contribution in [0, 0.1) is 0 Å². The second kappa shape index (κ2) is 7.85. The van der Waals surface area contributed by atoms with Crippen LogP contribution in [-0.4, -0.2) is 38.5 Å². The van der Waals surface area contributed by atoms with Crippen LogP contribution in [0.3, 0.4) is 0 Å². The molecule has 0 aromatic heterocycles. The lowest BCUT2D eigenvalue weighted by atomic mass is 10.2. The second-order valence-electron chi connectivity index (χ2n) is 6.03. The number of nitrogens with one attached hydrogen (secondary N) is 1. The van der Waals surface area contributed by atoms with Crippen LogP contribution in [0.2, 0.25) is 5.02 Å². The zero-order valence-electron chi connectivity index (χ0n) is 14.7. The molecular formula is C19H16ClNO7. The minimum atomic E-state index is -0.696. The van der Waals surface area contributed by atoms with Gasteiger partial charge >= 0.3 is 5.97 Å². The number of amides is 1. The van der Waals surface area contributed by atoms with Crippen molar-refractivity contribution in [3.63, 3.8) is 0 Å². The van der Waals surface area contributed by atoms with E-state index in [1.54, 1.807) is 18.2 Å². The molecule has 0 saturated heterocycles. The van der Waals surface area contributed by atoms with Crippen LogP contribution in [0.15, 0.2) is 30.3 Å². The van der Waals surface area contributed by atoms with Crippen molar-refractivity contribution in [2.75, 3.05) is 31.9 Å². The lowest BCUT2D eigenvalue weighted by Crippen LogP contribution is -2.21. The molecule has 0 spiro atoms. The molecule has 2 heterocycles. The predicted molar refractivity (Wildman–Crippen MR) is 98.5 cm³/mol. The highest BCUT2D eigenvalue weighted by Gasteiger charge is 2.20. The first kappa shape index (κ1) is 18.2. The Kier molecular flexibility index (Phi) is 5.12. The first-order valence-corrected chi connectivity index (χ1v) is 8.94. The highest BCUT2D eigenvalue weighted by atomic mass is 35.5. The second-order valence-corrected chi connectivity index (χ2v) is 6.44. The average Bonchev–Trinajstić information content (AvgIpc) is 3.01. The summed E-state index contributed by atoms with van der Waals surface area (Å²) in [6.07, 6.45) is 0.713. The lowest BCUT2D eigenvalue weighted by molar-refractivity contribution is -0.119. The summed E-state index contributed by atoms with van der Waals surface area (Å²) in [5, 5.41) is 2.87. The van der Waals surface area contributed by atoms with Gasteiger partial charge in [-0.15, -0.1) is 0 Å². The molecule has 9 heteroatoms. The molecule has 2 aromatic carbocycles. The molecule has 0 fully saturated rings. The zero-order chi connectivity index (χ0) is 19.5. The van der Waals surface area contributed by atoms with Gasteiger partial charge in [0.1, 0.15) is 0 Å². The number of hydrogen-bond donors (Lipinski definition) is 1. The minimum Gasteiger partial charge on any atom is -0.489 e. The van der Waals surface area contributed by atoms with E-state index in [-0.39, 0.29) is 17.4 Å². The van der Waals surface area contributed by atoms with Gasteiger partial charge in [-0.2, -0.15) is 0 Å². The Balaban J connectivity index is 1.37. The first-order valence-electron chi connectivity index (χ1n) is 8.56. The van der Waals surface area contributed by atoms with Gasteiger partial charge in [0.25, 0.3) is 5.91 Å². The Bertz CT molecular complexity index is 931. The van der Waals surface area contributed by atoms with Gasteiger partial charge in [0.2, 0.25) is 6.79 Å². The van der Waals surface area contributed by atoms with Crippen LogP contribution >= 0.6 is 11.6 Å². The average molecular weight is 406 g/mol. The highest BCUT2D eigenvalue weighted by Crippen LogP contribution is 2.38. The van der Waals surface area contributed by atoms with Gasteiger partial charge in [-0.3, -0.25) is 4.79 Å². The third kappa shape index (κ3) is 3.91. The highest BCUT2D eigenvalue weighted by molar-refractivity contribution is 6.32. The summed E-state index contributed by atoms with van der Waals surface area (Å²) in [4.78, 5) is 24.3. The summed E-state index contributed by atoms with van der Waals surface area (Å²) in [5.41, 5.74) is 0.675. The third-order valence-electron chi connectivity index (χ3n) is 4.03. The summed E-state index contributed by atoms with van der Waals surface area (Å²) in [6, 6.07) is 7.89. The fourth-order valence-corrected chi connectivity index (χ4v) is 3.00. The molecule has 0 atom stereocenters. The van der Waals surface area contributed by atoms with Gasteiger partial charge in [0.05, 0.1) is 23.8 Å². The molecule has 146 valence electrons. The van der Waals surface area contributed by atoms with Crippen molar-refractivity contribution >= 4 is 29.2 Å². The monoisotopic (exact) mass is 405 g/mol. The van der Waals surface area contributed by atoms with Crippen LogP contribution in [0.25, 0.3) is 0 Å². The maximum Gasteiger partial charge on any atom is 0.338 e. The molecular weight excluding hydrogens is 390 g/mol. The van der Waals surface area contributed by atoms with E-state index in [4.69, 9.17) is 35.3 Å². The van der Waals surface area contributed by atoms with E-state index in [2.05, 4.69) is 5.32 Å². The van der Waals surface area contributed by atoms with E-state index in [9.17, 15) is 9.59 Å². The third-order valence-corrected chi connectivity index (χ3v) is 4.31. The predicted octanol–water partition coefficient (Wildman–Crippen LogP) is 3.03. The van der Waals surface area contributed by atoms with Gasteiger partial charge in [0.15, 0.2) is 29.6 Å². The van der Waals surface area contributed by atoms with E-state index in [0.717, 1.165) is 0 Å². The van der Waals surface area contributed by atoms with Gasteiger partial charge in [-0.25, -0.2) is 4.79 Å². The number of hydrogen-bond acceptors (Lipinski definition) is 7. The molecule has 0 aliphatic carbocycles. The normalized spacial score (nSPS) is 14.2. The number of ether oxygens (including phenoxy) is 5. The number of carbonyl (C=O) groups excluding carboxylic acids is 2. The molecule has 0 radical (unpaired) electrons. The summed E-state index contributed by atoms with van der Waals surface area (Å²) in [6.45, 7) is 0.623. The Labute approximate surface area is 165 Å². The van der Waals surface area contributed by atoms with Gasteiger partial charge in [0, 0.05) is 18.2 Å². The van der Waals surface area contributed by atoms with E-state index in [1.807, 2.05) is 0 Å². The fraction of sp³-hybridized carbons (Fsp3) is 0.263. The molecule has 2 aliphatic rings. The van der Waals surface area contributed by atoms with Crippen LogP contribution in [0.1, 0.15) is 16.8 Å². The number of fused-ring (bicyclic) bond motifs is 2. The SMILES string of the molecule is O=C(COC(=O)c1cc(Cl)c2c(c1)OCCCO2)Nc1ccc2c(c1)OCO2. The molecule has 8 nitrogen and oxygen atoms in total. The maximum absolute atomic E-state index is 12.3. The van der Waals surface area contributed by atoms with Crippen LogP contribution in [0.5, 0.6) is 23.0 Å². The molecule has 4 rings (SSSR count). The Hall–Kier alpha value is -3.13. The standard InChI is InChI=1S/C19H16ClNO7/c20-13-6-11(7-16-18(13)25-5-1-4-24-16)19(23)26-9-17(22)21-12-2-3-14-15(8-12)28-10-27-14/h2-3,6-8H,1,4-5,9-10H2,(H,21,22). The molecule has 28 heavy (non-hydrogen) atoms. The molecule has 2 aliphatic heterocycles. The smallest absolute Gasteiger partial charge is 0.338 e. The molecule has 0 bridgehead atoms. The van der Waals surface area contributed by atoms with Crippen molar-refractivity contribution in [3.05, 3.63) is 40.9 Å². The number of esters is 1. The van der Waals surface area contributed by atoms with Crippen LogP contribution in [0.4, 0.5) is 5.69 Å². The van der Waals surface area contributed by atoms with Gasteiger partial charge in [-0.05, 0) is 24.3 Å². The first-order chi connectivity index (χ1) is 13.6. The molecule has 2 aromatic rings. The van der Waals surface area contributed by atoms with Crippen molar-refractivity contribution in [2.24, 2.45) is 0 Å². The molecule has 1 amide bonds. The summed E-state index contributed by atoms with van der Waals surface area (Å²) >= 11 is 6.17. The van der Waals surface area contributed by atoms with Crippen molar-refractivity contribution in [2.45, 2.75) is 6.42 Å². The van der Waals surface area contributed by atoms with Crippen molar-refractivity contribution in [3.8, 4) is 23.0 Å². The summed E-state index contributed by atoms with van der Waals surface area (Å²) in [7, 11) is 0. The molecule has 0 saturated carbocycles. The molecule has 1 N–H and O–H groups in total. The van der Waals surface area contributed by atoms with Crippen molar-refractivity contribution in [1.29, 1.82) is 0 Å². The van der Waals surface area contributed by atoms with Gasteiger partial charge < -0.3 is 29.0 Å². The van der Waals surface area contributed by atoms with Crippen LogP contribution in [-0.2, 0) is 9.53 Å². The van der Waals surface area contributed by atoms with Crippen molar-refractivity contribution < 1.29 is 33.3 Å². The van der Waals surface area contributed by atoms with E-state index >= 15 is 0 Å². The quantitative estimate of drug-likeness (QED) is 0.781. The number of carbonyl (C=O) groups is 2. The van der Waals surface area contributed by atoms with Crippen LogP contribution < -0.4 is 24.3 Å². The number of benzene rings is 2. The fourth-order valence-electron chi connectivity index (χ4n) is 2.73. The van der Waals surface area contributed by atoms with Gasteiger partial charge in [-0.1, -0.05) is 11.6 Å². The Morgan fingerprint density at radius 3 is 2.71 bits per heavy atom. The minimum absolute atomic E-state index is 0.141. The number of halogens is 1. The number of anilines is 1. The van der Waals surface area contributed by atoms with E-state index in [0.29, 0.717) is 48.3 Å². The van der Waals surface area contributed by atoms with E-state index < -0.39 is 18.5 Å². The Morgan fingerprint density at radius 2 is 1.82 bits per heavy atom. The summed E-state index contributed by atoms with van der Waals surface area (Å²) in [5.74, 6) is 0.733. The number of rotatable bonds is 4. The Morgan fingerprint density at radius 1 is 1.00 bits per heavy atom. The largest absolute Gasteiger partial charge is 0.489 e. The molecule has 0 unspecified atom stereocenters. The maximum atomic E-state index is 12.3. The summed E-state index contributed by atoms with van der Waals surface area (Å²) < 4.78 is 26.6. The topological polar surface area (TPSA) is 92.3 Å². The zero-order valence-corrected chi connectivity index (χ0v) is 15.4. The van der Waals surface area contributed by atoms with Crippen molar-refractivity contribution in [1.82, 2.24) is 0 Å².